The Morgan fingerprint density at radius 3 is 2.59 bits per heavy atom. The number of hydrogen-bond acceptors (Lipinski definition) is 12. The van der Waals surface area contributed by atoms with Gasteiger partial charge in [-0.3, -0.25) is 24.7 Å². The molecule has 1 amide bonds. The highest BCUT2D eigenvalue weighted by atomic mass is 16.6. The molecule has 0 aliphatic rings. The molecule has 204 valence electrons. The highest BCUT2D eigenvalue weighted by molar-refractivity contribution is 6.01. The number of aromatic nitrogens is 4. The van der Waals surface area contributed by atoms with E-state index >= 15 is 0 Å². The second-order valence-electron chi connectivity index (χ2n) is 8.32. The molecule has 1 atom stereocenters. The second kappa shape index (κ2) is 11.6. The van der Waals surface area contributed by atoms with Crippen molar-refractivity contribution in [1.82, 2.24) is 30.2 Å². The third-order valence-electron chi connectivity index (χ3n) is 5.11. The molecule has 17 nitrogen and oxygen atoms in total. The monoisotopic (exact) mass is 541 g/mol. The third kappa shape index (κ3) is 7.00. The minimum atomic E-state index is -1.67. The van der Waals surface area contributed by atoms with Gasteiger partial charge in [0.05, 0.1) is 28.9 Å². The van der Waals surface area contributed by atoms with Gasteiger partial charge in [0, 0.05) is 38.5 Å². The van der Waals surface area contributed by atoms with Crippen LogP contribution in [0.1, 0.15) is 22.5 Å². The smallest absolute Gasteiger partial charge is 0.333 e. The van der Waals surface area contributed by atoms with Crippen molar-refractivity contribution < 1.29 is 29.5 Å². The first-order valence-corrected chi connectivity index (χ1v) is 11.0. The number of H-pyrrole nitrogens is 1. The number of amides is 1. The zero-order valence-electron chi connectivity index (χ0n) is 20.5. The summed E-state index contributed by atoms with van der Waals surface area (Å²) in [6.45, 7) is -0.00723. The van der Waals surface area contributed by atoms with Crippen LogP contribution in [-0.2, 0) is 16.1 Å². The van der Waals surface area contributed by atoms with Crippen LogP contribution in [0.15, 0.2) is 41.0 Å². The molecule has 1 aromatic carbocycles. The number of hydrogen-bond donors (Lipinski definition) is 6. The summed E-state index contributed by atoms with van der Waals surface area (Å²) in [5.74, 6) is -4.11. The van der Waals surface area contributed by atoms with Gasteiger partial charge in [-0.1, -0.05) is 0 Å². The summed E-state index contributed by atoms with van der Waals surface area (Å²) in [6.07, 6.45) is 1.95. The number of nitrogen functional groups attached to an aromatic ring is 1. The van der Waals surface area contributed by atoms with Gasteiger partial charge in [0.1, 0.15) is 11.6 Å². The molecule has 7 N–H and O–H groups in total. The number of aromatic amines is 1. The molecule has 2 heterocycles. The van der Waals surface area contributed by atoms with Gasteiger partial charge >= 0.3 is 11.9 Å². The number of carbonyl (C=O) groups excluding carboxylic acids is 1. The number of nitrogens with one attached hydrogen (secondary N) is 3. The quantitative estimate of drug-likeness (QED) is 0.105. The predicted molar refractivity (Wildman–Crippen MR) is 136 cm³/mol. The first-order valence-electron chi connectivity index (χ1n) is 11.0. The summed E-state index contributed by atoms with van der Waals surface area (Å²) in [5.41, 5.74) is 4.01. The predicted octanol–water partition coefficient (Wildman–Crippen LogP) is -0.0812. The highest BCUT2D eigenvalue weighted by Crippen LogP contribution is 2.24. The van der Waals surface area contributed by atoms with Crippen LogP contribution in [0.3, 0.4) is 0 Å². The standard InChI is InChI=1S/C22H23N9O8/c1-30(2)9-10(20(34)35)5-14(21(36)37)27-18(32)13-4-3-11(6-15(13)31(38)39)24-7-12-8-25-17-16(26-12)19(33)29-22(23)28-17/h3-4,6,8-9,14,24H,5,7H2,1-2H3,(H,27,32)(H,34,35)(H,36,37)(H3,23,25,28,29,33). The molecule has 0 aliphatic carbocycles. The van der Waals surface area contributed by atoms with E-state index in [1.807, 2.05) is 0 Å². The van der Waals surface area contributed by atoms with Crippen molar-refractivity contribution in [2.75, 3.05) is 25.1 Å². The number of carboxylic acid groups (broad SMARTS) is 2. The van der Waals surface area contributed by atoms with Gasteiger partial charge in [-0.25, -0.2) is 19.6 Å². The van der Waals surface area contributed by atoms with E-state index in [0.717, 1.165) is 12.1 Å². The Morgan fingerprint density at radius 1 is 1.26 bits per heavy atom. The molecule has 0 aliphatic heterocycles. The van der Waals surface area contributed by atoms with E-state index in [1.165, 1.54) is 37.5 Å². The lowest BCUT2D eigenvalue weighted by Crippen LogP contribution is -2.41. The summed E-state index contributed by atoms with van der Waals surface area (Å²) < 4.78 is 0. The van der Waals surface area contributed by atoms with Crippen LogP contribution in [0.2, 0.25) is 0 Å². The Balaban J connectivity index is 1.80. The lowest BCUT2D eigenvalue weighted by molar-refractivity contribution is -0.385. The molecule has 0 radical (unpaired) electrons. The van der Waals surface area contributed by atoms with Crippen LogP contribution in [0, 0.1) is 10.1 Å². The Kier molecular flexibility index (Phi) is 8.34. The normalized spacial score (nSPS) is 12.0. The van der Waals surface area contributed by atoms with Crippen molar-refractivity contribution in [3.63, 3.8) is 0 Å². The van der Waals surface area contributed by atoms with E-state index < -0.39 is 52.0 Å². The molecule has 0 spiro atoms. The molecule has 2 aromatic heterocycles. The van der Waals surface area contributed by atoms with Crippen LogP contribution in [-0.4, -0.2) is 78.0 Å². The Morgan fingerprint density at radius 2 is 1.97 bits per heavy atom. The zero-order valence-corrected chi connectivity index (χ0v) is 20.5. The van der Waals surface area contributed by atoms with Crippen molar-refractivity contribution >= 4 is 46.3 Å². The maximum atomic E-state index is 12.8. The van der Waals surface area contributed by atoms with Crippen LogP contribution in [0.4, 0.5) is 17.3 Å². The molecular weight excluding hydrogens is 518 g/mol. The molecule has 0 saturated carbocycles. The maximum absolute atomic E-state index is 12.8. The van der Waals surface area contributed by atoms with Crippen LogP contribution >= 0.6 is 0 Å². The SMILES string of the molecule is CN(C)C=C(CC(NC(=O)c1ccc(NCc2cnc3nc(N)[nH]c(=O)c3n2)cc1[N+](=O)[O-])C(=O)O)C(=O)O. The molecular formula is C22H23N9O8. The minimum absolute atomic E-state index is 0.00723. The third-order valence-corrected chi connectivity index (χ3v) is 5.11. The van der Waals surface area contributed by atoms with E-state index in [9.17, 15) is 39.5 Å². The Bertz CT molecular complexity index is 1550. The second-order valence-corrected chi connectivity index (χ2v) is 8.32. The van der Waals surface area contributed by atoms with Gasteiger partial charge in [0.15, 0.2) is 11.2 Å². The van der Waals surface area contributed by atoms with Gasteiger partial charge in [0.2, 0.25) is 5.95 Å². The molecule has 0 fully saturated rings. The first-order chi connectivity index (χ1) is 18.3. The molecule has 3 aromatic rings. The fourth-order valence-electron chi connectivity index (χ4n) is 3.40. The highest BCUT2D eigenvalue weighted by Gasteiger charge is 2.28. The number of fused-ring (bicyclic) bond motifs is 1. The van der Waals surface area contributed by atoms with Crippen molar-refractivity contribution in [2.45, 2.75) is 19.0 Å². The van der Waals surface area contributed by atoms with Crippen molar-refractivity contribution in [3.05, 3.63) is 67.9 Å². The average Bonchev–Trinajstić information content (AvgIpc) is 2.85. The summed E-state index contributed by atoms with van der Waals surface area (Å²) >= 11 is 0. The molecule has 1 unspecified atom stereocenters. The summed E-state index contributed by atoms with van der Waals surface area (Å²) in [4.78, 5) is 74.5. The van der Waals surface area contributed by atoms with E-state index in [4.69, 9.17) is 5.73 Å². The van der Waals surface area contributed by atoms with Crippen LogP contribution in [0.25, 0.3) is 11.2 Å². The zero-order chi connectivity index (χ0) is 28.9. The minimum Gasteiger partial charge on any atom is -0.480 e. The van der Waals surface area contributed by atoms with Gasteiger partial charge in [-0.15, -0.1) is 0 Å². The topological polar surface area (TPSA) is 260 Å². The average molecular weight is 541 g/mol. The van der Waals surface area contributed by atoms with E-state index in [2.05, 4.69) is 30.6 Å². The number of nitro benzene ring substituents is 1. The van der Waals surface area contributed by atoms with Gasteiger partial charge < -0.3 is 31.5 Å². The number of benzene rings is 1. The van der Waals surface area contributed by atoms with Crippen molar-refractivity contribution in [2.24, 2.45) is 0 Å². The summed E-state index contributed by atoms with van der Waals surface area (Å²) in [6, 6.07) is 1.85. The maximum Gasteiger partial charge on any atom is 0.333 e. The molecule has 39 heavy (non-hydrogen) atoms. The molecule has 3 rings (SSSR count). The van der Waals surface area contributed by atoms with Gasteiger partial charge in [0.25, 0.3) is 17.2 Å². The van der Waals surface area contributed by atoms with E-state index in [-0.39, 0.29) is 34.9 Å². The molecule has 17 heteroatoms. The molecule has 0 bridgehead atoms. The first kappa shape index (κ1) is 28.0. The van der Waals surface area contributed by atoms with Crippen molar-refractivity contribution in [1.29, 1.82) is 0 Å². The van der Waals surface area contributed by atoms with E-state index in [0.29, 0.717) is 5.69 Å². The fourth-order valence-corrected chi connectivity index (χ4v) is 3.40. The lowest BCUT2D eigenvalue weighted by atomic mass is 10.1. The van der Waals surface area contributed by atoms with Gasteiger partial charge in [-0.05, 0) is 12.1 Å². The van der Waals surface area contributed by atoms with E-state index in [1.54, 1.807) is 0 Å². The summed E-state index contributed by atoms with van der Waals surface area (Å²) in [7, 11) is 3.08. The largest absolute Gasteiger partial charge is 0.480 e. The van der Waals surface area contributed by atoms with Crippen molar-refractivity contribution in [3.8, 4) is 0 Å². The lowest BCUT2D eigenvalue weighted by Gasteiger charge is -2.16. The Hall–Kier alpha value is -5.61. The number of anilines is 2. The summed E-state index contributed by atoms with van der Waals surface area (Å²) in [5, 5.41) is 35.5. The van der Waals surface area contributed by atoms with Crippen LogP contribution in [0.5, 0.6) is 0 Å². The number of rotatable bonds is 11. The van der Waals surface area contributed by atoms with Crippen LogP contribution < -0.4 is 21.9 Å². The number of nitrogens with zero attached hydrogens (tertiary/aromatic N) is 5. The number of aliphatic carboxylic acids is 2. The number of nitrogens with two attached hydrogens (primary N) is 1. The number of carbonyl (C=O) groups is 3. The fraction of sp³-hybridized carbons (Fsp3) is 0.227. The number of nitro groups is 1. The van der Waals surface area contributed by atoms with Gasteiger partial charge in [-0.2, -0.15) is 4.98 Å². The number of carboxylic acids is 2. The Labute approximate surface area is 218 Å². The molecule has 0 saturated heterocycles.